The molecular formula is C15H32NO3SiY5-. The smallest absolute Gasteiger partial charge is 0.191 e. The molecule has 0 aromatic rings. The number of nitrogens with one attached hydrogen (secondary N) is 1. The zero-order valence-electron chi connectivity index (χ0n) is 17.3. The van der Waals surface area contributed by atoms with Gasteiger partial charge in [0.1, 0.15) is 0 Å². The summed E-state index contributed by atoms with van der Waals surface area (Å²) in [6.07, 6.45) is 0.666. The van der Waals surface area contributed by atoms with Crippen LogP contribution in [0.25, 0.3) is 5.73 Å². The zero-order chi connectivity index (χ0) is 15.8. The van der Waals surface area contributed by atoms with E-state index in [0.717, 1.165) is 6.42 Å². The average molecular weight is 747 g/mol. The van der Waals surface area contributed by atoms with E-state index in [2.05, 4.69) is 40.8 Å². The third-order valence-electron chi connectivity index (χ3n) is 4.45. The van der Waals surface area contributed by atoms with Crippen molar-refractivity contribution in [1.29, 1.82) is 0 Å². The van der Waals surface area contributed by atoms with Crippen molar-refractivity contribution < 1.29 is 177 Å². The molecule has 3 atom stereocenters. The van der Waals surface area contributed by atoms with E-state index >= 15 is 0 Å². The second-order valence-electron chi connectivity index (χ2n) is 7.72. The van der Waals surface area contributed by atoms with Crippen molar-refractivity contribution in [2.24, 2.45) is 0 Å². The normalized spacial score (nSPS) is 22.9. The molecule has 0 aromatic carbocycles. The predicted molar refractivity (Wildman–Crippen MR) is 85.4 cm³/mol. The summed E-state index contributed by atoms with van der Waals surface area (Å²) in [7, 11) is -1.80. The molecule has 0 bridgehead atoms. The Kier molecular flexibility index (Phi) is 28.0. The van der Waals surface area contributed by atoms with Crippen LogP contribution in [0.4, 0.5) is 0 Å². The summed E-state index contributed by atoms with van der Waals surface area (Å²) in [4.78, 5) is 0. The van der Waals surface area contributed by atoms with Gasteiger partial charge in [0.25, 0.3) is 0 Å². The molecule has 25 heavy (non-hydrogen) atoms. The maximum atomic E-state index is 8.36. The molecule has 1 fully saturated rings. The summed E-state index contributed by atoms with van der Waals surface area (Å²) >= 11 is 0. The van der Waals surface area contributed by atoms with Crippen molar-refractivity contribution in [2.45, 2.75) is 90.1 Å². The third kappa shape index (κ3) is 13.7. The Bertz CT molecular complexity index is 344. The summed E-state index contributed by atoms with van der Waals surface area (Å²) < 4.78 is 17.9. The van der Waals surface area contributed by atoms with Gasteiger partial charge < -0.3 is 19.6 Å². The minimum Gasteiger partial charge on any atom is -0.671 e. The number of ether oxygens (including phenoxy) is 2. The third-order valence-corrected chi connectivity index (χ3v) is 8.95. The molecule has 4 nitrogen and oxygen atoms in total. The Morgan fingerprint density at radius 1 is 1.04 bits per heavy atom. The van der Waals surface area contributed by atoms with Crippen molar-refractivity contribution in [3.63, 3.8) is 0 Å². The Morgan fingerprint density at radius 3 is 1.84 bits per heavy atom. The van der Waals surface area contributed by atoms with E-state index in [1.807, 2.05) is 13.8 Å². The fourth-order valence-electron chi connectivity index (χ4n) is 2.13. The SMILES string of the molecule is CC[C@H]1OC(C)(C)O[C@H]1[C@@H]([NH-])CO[Si](C)(C)C(C)(C)C.[Y].[Y].[Y].[Y].[Y]. The average Bonchev–Trinajstić information content (AvgIpc) is 2.60. The molecule has 0 saturated carbocycles. The standard InChI is InChI=1S/C15H32NO3Si.5Y/c1-9-12-13(19-15(5,6)18-12)11(16)10-17-20(7,8)14(2,3)4;;;;;/h11-13,16H,9-10H2,1-8H3;;;;;/q-1;;;;;/t11-,12+,13-;;;;;/m0...../s1. The zero-order valence-corrected chi connectivity index (χ0v) is 32.4. The van der Waals surface area contributed by atoms with Crippen molar-refractivity contribution >= 4 is 8.32 Å². The van der Waals surface area contributed by atoms with Crippen LogP contribution >= 0.6 is 0 Å². The fourth-order valence-corrected chi connectivity index (χ4v) is 3.16. The summed E-state index contributed by atoms with van der Waals surface area (Å²) in [5, 5.41) is 0.170. The van der Waals surface area contributed by atoms with Gasteiger partial charge in [-0.05, 0) is 38.4 Å². The Morgan fingerprint density at radius 2 is 1.48 bits per heavy atom. The molecule has 135 valence electrons. The van der Waals surface area contributed by atoms with Gasteiger partial charge in [0.15, 0.2) is 14.1 Å². The molecule has 0 aromatic heterocycles. The molecule has 0 spiro atoms. The van der Waals surface area contributed by atoms with E-state index in [-0.39, 0.29) is 181 Å². The first-order chi connectivity index (χ1) is 8.89. The second-order valence-corrected chi connectivity index (χ2v) is 12.5. The van der Waals surface area contributed by atoms with Gasteiger partial charge in [-0.1, -0.05) is 33.7 Å². The van der Waals surface area contributed by atoms with Crippen molar-refractivity contribution in [3.8, 4) is 0 Å². The van der Waals surface area contributed by atoms with Crippen LogP contribution in [0.15, 0.2) is 0 Å². The van der Waals surface area contributed by atoms with Crippen LogP contribution < -0.4 is 0 Å². The fraction of sp³-hybridized carbons (Fsp3) is 1.00. The first kappa shape index (κ1) is 40.9. The molecule has 10 heteroatoms. The number of hydrogen-bond acceptors (Lipinski definition) is 3. The first-order valence-electron chi connectivity index (χ1n) is 7.60. The van der Waals surface area contributed by atoms with Crippen LogP contribution in [0.5, 0.6) is 0 Å². The van der Waals surface area contributed by atoms with Gasteiger partial charge in [0.05, 0.1) is 12.2 Å². The van der Waals surface area contributed by atoms with Crippen LogP contribution in [0.3, 0.4) is 0 Å². The number of hydrogen-bond donors (Lipinski definition) is 0. The number of rotatable bonds is 5. The van der Waals surface area contributed by atoms with Gasteiger partial charge in [0.2, 0.25) is 0 Å². The Hall–Kier alpha value is 5.58. The molecule has 1 aliphatic heterocycles. The van der Waals surface area contributed by atoms with Gasteiger partial charge in [-0.25, -0.2) is 0 Å². The molecule has 0 aliphatic carbocycles. The summed E-state index contributed by atoms with van der Waals surface area (Å²) in [5.74, 6) is -0.582. The first-order valence-corrected chi connectivity index (χ1v) is 10.5. The van der Waals surface area contributed by atoms with E-state index < -0.39 is 20.1 Å². The molecule has 1 heterocycles. The summed E-state index contributed by atoms with van der Waals surface area (Å²) in [6, 6.07) is -0.393. The minimum absolute atomic E-state index is 0. The topological polar surface area (TPSA) is 51.5 Å². The van der Waals surface area contributed by atoms with Crippen LogP contribution in [-0.4, -0.2) is 39.0 Å². The van der Waals surface area contributed by atoms with E-state index in [9.17, 15) is 0 Å². The van der Waals surface area contributed by atoms with Crippen molar-refractivity contribution in [2.75, 3.05) is 6.61 Å². The quantitative estimate of drug-likeness (QED) is 0.394. The van der Waals surface area contributed by atoms with Crippen LogP contribution in [0.2, 0.25) is 18.1 Å². The van der Waals surface area contributed by atoms with Crippen molar-refractivity contribution in [3.05, 3.63) is 5.73 Å². The molecule has 5 radical (unpaired) electrons. The molecule has 0 amide bonds. The Balaban J connectivity index is -0.000000267. The van der Waals surface area contributed by atoms with Crippen molar-refractivity contribution in [1.82, 2.24) is 0 Å². The van der Waals surface area contributed by atoms with E-state index in [1.54, 1.807) is 0 Å². The van der Waals surface area contributed by atoms with Gasteiger partial charge in [-0.2, -0.15) is 0 Å². The maximum Gasteiger partial charge on any atom is 0.191 e. The van der Waals surface area contributed by atoms with Gasteiger partial charge >= 0.3 is 0 Å². The summed E-state index contributed by atoms with van der Waals surface area (Å²) in [5.41, 5.74) is 8.36. The molecule has 1 N–H and O–H groups in total. The largest absolute Gasteiger partial charge is 0.671 e. The monoisotopic (exact) mass is 747 g/mol. The molecule has 1 aliphatic rings. The molecular weight excluding hydrogens is 715 g/mol. The molecule has 1 rings (SSSR count). The van der Waals surface area contributed by atoms with Gasteiger partial charge in [-0.3, -0.25) is 0 Å². The maximum absolute atomic E-state index is 8.36. The molecule has 0 unspecified atom stereocenters. The van der Waals surface area contributed by atoms with E-state index in [4.69, 9.17) is 19.6 Å². The van der Waals surface area contributed by atoms with E-state index in [1.165, 1.54) is 0 Å². The minimum atomic E-state index is -1.80. The van der Waals surface area contributed by atoms with Gasteiger partial charge in [0, 0.05) is 170 Å². The van der Waals surface area contributed by atoms with Crippen LogP contribution in [0, 0.1) is 0 Å². The van der Waals surface area contributed by atoms with E-state index in [0.29, 0.717) is 6.61 Å². The molecule has 1 saturated heterocycles. The second kappa shape index (κ2) is 17.1. The predicted octanol–water partition coefficient (Wildman–Crippen LogP) is 4.35. The Labute approximate surface area is 282 Å². The van der Waals surface area contributed by atoms with Crippen LogP contribution in [0.1, 0.15) is 48.0 Å². The van der Waals surface area contributed by atoms with Crippen LogP contribution in [-0.2, 0) is 177 Å². The van der Waals surface area contributed by atoms with Gasteiger partial charge in [-0.15, -0.1) is 0 Å². The summed E-state index contributed by atoms with van der Waals surface area (Å²) in [6.45, 7) is 17.4.